The third-order valence-electron chi connectivity index (χ3n) is 3.47. The first-order valence-corrected chi connectivity index (χ1v) is 7.65. The van der Waals surface area contributed by atoms with Crippen LogP contribution >= 0.6 is 11.8 Å². The lowest BCUT2D eigenvalue weighted by Gasteiger charge is -2.18. The van der Waals surface area contributed by atoms with Gasteiger partial charge in [0.15, 0.2) is 0 Å². The molecule has 0 spiro atoms. The number of hydrogen-bond donors (Lipinski definition) is 2. The Balaban J connectivity index is 1.79. The van der Waals surface area contributed by atoms with Gasteiger partial charge in [0.05, 0.1) is 0 Å². The zero-order chi connectivity index (χ0) is 12.8. The SMILES string of the molecule is NNC(CSC1CCCC1)Cc1ccc(F)cc1. The van der Waals surface area contributed by atoms with Gasteiger partial charge in [-0.3, -0.25) is 11.3 Å². The second-order valence-corrected chi connectivity index (χ2v) is 6.27. The summed E-state index contributed by atoms with van der Waals surface area (Å²) in [5.74, 6) is 6.44. The van der Waals surface area contributed by atoms with Crippen LogP contribution in [0.5, 0.6) is 0 Å². The maximum atomic E-state index is 12.8. The Kier molecular flexibility index (Phi) is 5.47. The van der Waals surface area contributed by atoms with Gasteiger partial charge >= 0.3 is 0 Å². The standard InChI is InChI=1S/C14H21FN2S/c15-12-7-5-11(6-8-12)9-13(17-16)10-18-14-3-1-2-4-14/h5-8,13-14,17H,1-4,9-10,16H2. The lowest BCUT2D eigenvalue weighted by molar-refractivity contribution is 0.572. The summed E-state index contributed by atoms with van der Waals surface area (Å²) >= 11 is 2.02. The minimum absolute atomic E-state index is 0.184. The summed E-state index contributed by atoms with van der Waals surface area (Å²) in [4.78, 5) is 0. The zero-order valence-corrected chi connectivity index (χ0v) is 11.4. The molecule has 1 aliphatic rings. The maximum Gasteiger partial charge on any atom is 0.123 e. The quantitative estimate of drug-likeness (QED) is 0.615. The van der Waals surface area contributed by atoms with Crippen molar-refractivity contribution in [2.45, 2.75) is 43.4 Å². The van der Waals surface area contributed by atoms with Gasteiger partial charge in [0.25, 0.3) is 0 Å². The molecule has 1 aromatic rings. The number of halogens is 1. The van der Waals surface area contributed by atoms with Crippen LogP contribution in [-0.2, 0) is 6.42 Å². The molecule has 0 radical (unpaired) electrons. The number of thioether (sulfide) groups is 1. The first-order chi connectivity index (χ1) is 8.78. The average molecular weight is 268 g/mol. The Morgan fingerprint density at radius 1 is 1.28 bits per heavy atom. The molecule has 0 aliphatic heterocycles. The molecule has 2 rings (SSSR count). The van der Waals surface area contributed by atoms with E-state index in [0.29, 0.717) is 0 Å². The fraction of sp³-hybridized carbons (Fsp3) is 0.571. The Morgan fingerprint density at radius 3 is 2.56 bits per heavy atom. The van der Waals surface area contributed by atoms with Crippen LogP contribution in [0.1, 0.15) is 31.2 Å². The molecule has 1 aliphatic carbocycles. The van der Waals surface area contributed by atoms with Gasteiger partial charge in [-0.25, -0.2) is 4.39 Å². The lowest BCUT2D eigenvalue weighted by Crippen LogP contribution is -2.39. The van der Waals surface area contributed by atoms with Crippen molar-refractivity contribution in [1.29, 1.82) is 0 Å². The second kappa shape index (κ2) is 7.12. The smallest absolute Gasteiger partial charge is 0.123 e. The Bertz CT molecular complexity index is 349. The van der Waals surface area contributed by atoms with Gasteiger partial charge < -0.3 is 0 Å². The summed E-state index contributed by atoms with van der Waals surface area (Å²) in [7, 11) is 0. The van der Waals surface area contributed by atoms with E-state index in [2.05, 4.69) is 5.43 Å². The third kappa shape index (κ3) is 4.26. The molecule has 0 saturated heterocycles. The molecule has 4 heteroatoms. The van der Waals surface area contributed by atoms with Gasteiger partial charge in [-0.1, -0.05) is 25.0 Å². The molecular formula is C14H21FN2S. The van der Waals surface area contributed by atoms with Gasteiger partial charge in [0.2, 0.25) is 0 Å². The third-order valence-corrected chi connectivity index (χ3v) is 5.00. The van der Waals surface area contributed by atoms with Crippen LogP contribution in [0.25, 0.3) is 0 Å². The fourth-order valence-corrected chi connectivity index (χ4v) is 3.76. The first-order valence-electron chi connectivity index (χ1n) is 6.60. The monoisotopic (exact) mass is 268 g/mol. The summed E-state index contributed by atoms with van der Waals surface area (Å²) < 4.78 is 12.8. The van der Waals surface area contributed by atoms with Crippen LogP contribution in [0.3, 0.4) is 0 Å². The number of benzene rings is 1. The molecule has 0 aromatic heterocycles. The van der Waals surface area contributed by atoms with E-state index >= 15 is 0 Å². The number of hydrogen-bond acceptors (Lipinski definition) is 3. The largest absolute Gasteiger partial charge is 0.271 e. The minimum Gasteiger partial charge on any atom is -0.271 e. The van der Waals surface area contributed by atoms with Crippen molar-refractivity contribution in [3.05, 3.63) is 35.6 Å². The first kappa shape index (κ1) is 13.8. The van der Waals surface area contributed by atoms with E-state index in [1.54, 1.807) is 0 Å². The molecule has 2 nitrogen and oxygen atoms in total. The Morgan fingerprint density at radius 2 is 1.94 bits per heavy atom. The minimum atomic E-state index is -0.184. The van der Waals surface area contributed by atoms with E-state index in [0.717, 1.165) is 23.0 Å². The lowest BCUT2D eigenvalue weighted by atomic mass is 10.1. The zero-order valence-electron chi connectivity index (χ0n) is 10.6. The summed E-state index contributed by atoms with van der Waals surface area (Å²) in [6.07, 6.45) is 6.29. The van der Waals surface area contributed by atoms with E-state index in [4.69, 9.17) is 5.84 Å². The molecule has 1 aromatic carbocycles. The highest BCUT2D eigenvalue weighted by molar-refractivity contribution is 7.99. The molecule has 100 valence electrons. The summed E-state index contributed by atoms with van der Waals surface area (Å²) in [5.41, 5.74) is 4.01. The molecule has 1 unspecified atom stereocenters. The van der Waals surface area contributed by atoms with Crippen molar-refractivity contribution in [3.8, 4) is 0 Å². The number of hydrazine groups is 1. The molecule has 1 saturated carbocycles. The van der Waals surface area contributed by atoms with Crippen molar-refractivity contribution in [3.63, 3.8) is 0 Å². The van der Waals surface area contributed by atoms with Crippen LogP contribution in [0.2, 0.25) is 0 Å². The summed E-state index contributed by atoms with van der Waals surface area (Å²) in [6.45, 7) is 0. The predicted molar refractivity (Wildman–Crippen MR) is 75.9 cm³/mol. The Labute approximate surface area is 112 Å². The Hall–Kier alpha value is -0.580. The van der Waals surface area contributed by atoms with Crippen molar-refractivity contribution in [2.75, 3.05) is 5.75 Å². The normalized spacial score (nSPS) is 18.1. The molecule has 3 N–H and O–H groups in total. The summed E-state index contributed by atoms with van der Waals surface area (Å²) in [6, 6.07) is 6.95. The van der Waals surface area contributed by atoms with Crippen LogP contribution in [0, 0.1) is 5.82 Å². The number of rotatable bonds is 6. The average Bonchev–Trinajstić information content (AvgIpc) is 2.90. The summed E-state index contributed by atoms with van der Waals surface area (Å²) in [5, 5.41) is 0.814. The number of nitrogens with one attached hydrogen (secondary N) is 1. The number of nitrogens with two attached hydrogens (primary N) is 1. The van der Waals surface area contributed by atoms with Gasteiger partial charge in [-0.2, -0.15) is 11.8 Å². The van der Waals surface area contributed by atoms with Crippen LogP contribution in [-0.4, -0.2) is 17.0 Å². The van der Waals surface area contributed by atoms with E-state index in [9.17, 15) is 4.39 Å². The van der Waals surface area contributed by atoms with Crippen LogP contribution in [0.15, 0.2) is 24.3 Å². The molecule has 1 atom stereocenters. The maximum absolute atomic E-state index is 12.8. The van der Waals surface area contributed by atoms with Crippen molar-refractivity contribution in [2.24, 2.45) is 5.84 Å². The van der Waals surface area contributed by atoms with Crippen molar-refractivity contribution < 1.29 is 4.39 Å². The fourth-order valence-electron chi connectivity index (χ4n) is 2.38. The molecule has 0 heterocycles. The molecule has 18 heavy (non-hydrogen) atoms. The van der Waals surface area contributed by atoms with Crippen molar-refractivity contribution in [1.82, 2.24) is 5.43 Å². The van der Waals surface area contributed by atoms with E-state index in [1.807, 2.05) is 23.9 Å². The van der Waals surface area contributed by atoms with Gasteiger partial charge in [0.1, 0.15) is 5.82 Å². The highest BCUT2D eigenvalue weighted by Crippen LogP contribution is 2.29. The van der Waals surface area contributed by atoms with Gasteiger partial charge in [-0.05, 0) is 37.0 Å². The van der Waals surface area contributed by atoms with E-state index in [-0.39, 0.29) is 11.9 Å². The molecular weight excluding hydrogens is 247 g/mol. The second-order valence-electron chi connectivity index (χ2n) is 4.93. The topological polar surface area (TPSA) is 38.0 Å². The molecule has 0 bridgehead atoms. The van der Waals surface area contributed by atoms with Crippen molar-refractivity contribution >= 4 is 11.8 Å². The van der Waals surface area contributed by atoms with Crippen LogP contribution < -0.4 is 11.3 Å². The van der Waals surface area contributed by atoms with Gasteiger partial charge in [0, 0.05) is 17.0 Å². The highest BCUT2D eigenvalue weighted by Gasteiger charge is 2.17. The molecule has 1 fully saturated rings. The predicted octanol–water partition coefficient (Wildman–Crippen LogP) is 2.88. The van der Waals surface area contributed by atoms with Gasteiger partial charge in [-0.15, -0.1) is 0 Å². The highest BCUT2D eigenvalue weighted by atomic mass is 32.2. The van der Waals surface area contributed by atoms with Crippen LogP contribution in [0.4, 0.5) is 4.39 Å². The van der Waals surface area contributed by atoms with E-state index in [1.165, 1.54) is 37.8 Å². The van der Waals surface area contributed by atoms with E-state index < -0.39 is 0 Å². The molecule has 0 amide bonds.